The van der Waals surface area contributed by atoms with Crippen molar-refractivity contribution in [3.05, 3.63) is 46.5 Å². The molecule has 2 unspecified atom stereocenters. The number of nitrogens with one attached hydrogen (secondary N) is 1. The molecule has 2 N–H and O–H groups in total. The number of hydrogen-bond acceptors (Lipinski definition) is 12. The van der Waals surface area contributed by atoms with Gasteiger partial charge in [0.2, 0.25) is 11.8 Å². The number of fused-ring (bicyclic) bond motifs is 5. The predicted octanol–water partition coefficient (Wildman–Crippen LogP) is 4.92. The van der Waals surface area contributed by atoms with Crippen molar-refractivity contribution < 1.29 is 48.0 Å². The lowest BCUT2D eigenvalue weighted by atomic mass is 9.83. The minimum atomic E-state index is -1.82. The van der Waals surface area contributed by atoms with E-state index in [-0.39, 0.29) is 30.2 Å². The number of esters is 1. The molecule has 0 spiro atoms. The van der Waals surface area contributed by atoms with Crippen molar-refractivity contribution in [3.63, 3.8) is 0 Å². The van der Waals surface area contributed by atoms with E-state index in [4.69, 9.17) is 35.3 Å². The summed E-state index contributed by atoms with van der Waals surface area (Å²) in [6.07, 6.45) is 3.17. The minimum absolute atomic E-state index is 0.0452. The number of hydrogen-bond donors (Lipinski definition) is 2. The molecule has 8 atom stereocenters. The Morgan fingerprint density at radius 1 is 1.27 bits per heavy atom. The van der Waals surface area contributed by atoms with Gasteiger partial charge in [0.05, 0.1) is 25.3 Å². The van der Waals surface area contributed by atoms with Gasteiger partial charge in [0, 0.05) is 45.7 Å². The highest BCUT2D eigenvalue weighted by molar-refractivity contribution is 8.76. The number of allylic oxidation sites excluding steroid dienone is 3. The number of nitrogens with zero attached hydrogens (tertiary/aromatic N) is 2. The van der Waals surface area contributed by atoms with Gasteiger partial charge >= 0.3 is 12.1 Å². The summed E-state index contributed by atoms with van der Waals surface area (Å²) in [6.45, 7) is 7.02. The van der Waals surface area contributed by atoms with Crippen molar-refractivity contribution in [2.75, 3.05) is 45.2 Å². The van der Waals surface area contributed by atoms with Crippen LogP contribution in [0.5, 0.6) is 5.75 Å². The van der Waals surface area contributed by atoms with Crippen molar-refractivity contribution in [2.24, 2.45) is 5.92 Å². The van der Waals surface area contributed by atoms with Crippen molar-refractivity contribution in [1.82, 2.24) is 10.2 Å². The van der Waals surface area contributed by atoms with E-state index in [1.807, 2.05) is 19.3 Å². The number of carbonyl (C=O) groups excluding carboxylic acids is 4. The molecule has 0 saturated carbocycles. The highest BCUT2D eigenvalue weighted by Crippen LogP contribution is 2.49. The van der Waals surface area contributed by atoms with E-state index in [0.717, 1.165) is 11.1 Å². The topological polar surface area (TPSA) is 156 Å². The minimum Gasteiger partial charge on any atom is -0.495 e. The average Bonchev–Trinajstić information content (AvgIpc) is 3.80. The van der Waals surface area contributed by atoms with Crippen LogP contribution in [0.4, 0.5) is 10.5 Å². The first kappa shape index (κ1) is 41.8. The molecular formula is C36H50ClN3O10S2. The number of aliphatic hydroxyl groups is 1. The van der Waals surface area contributed by atoms with Gasteiger partial charge in [-0.25, -0.2) is 9.59 Å². The number of benzene rings is 1. The molecule has 1 aromatic carbocycles. The molecule has 3 aliphatic heterocycles. The van der Waals surface area contributed by atoms with Crippen LogP contribution >= 0.6 is 33.2 Å². The molecule has 3 amide bonds. The van der Waals surface area contributed by atoms with E-state index < -0.39 is 65.7 Å². The molecule has 16 heteroatoms. The molecule has 0 aromatic heterocycles. The third-order valence-electron chi connectivity index (χ3n) is 10.0. The molecule has 13 nitrogen and oxygen atoms in total. The Kier molecular flexibility index (Phi) is 14.0. The zero-order valence-electron chi connectivity index (χ0n) is 31.1. The van der Waals surface area contributed by atoms with Crippen LogP contribution in [-0.4, -0.2) is 116 Å². The fourth-order valence-corrected chi connectivity index (χ4v) is 8.09. The van der Waals surface area contributed by atoms with E-state index in [0.29, 0.717) is 23.6 Å². The maximum atomic E-state index is 14.1. The Bertz CT molecular complexity index is 1580. The Balaban J connectivity index is 1.74. The molecule has 4 rings (SSSR count). The standard InChI is InChI=1S/C36H50ClN3O10S2/c1-20-11-10-12-27(47-8)36(45)19-26(48-34(44)38-36)21(2)32-35(4,50-32)28(49-33(43)22(3)39(5)29(41)13-14-52-51-9)18-30(42)40(6)24-16-23(15-20)17-25(46-7)31(24)37/h10-12,16-17,21-22,26-28,32,45H,13-15,18-19H2,1-9H3,(H,38,44)/b12-10+,20-11+/t21-,22-,26+,27-,28+,32?,35?,36+/m1/s1. The number of amides is 3. The summed E-state index contributed by atoms with van der Waals surface area (Å²) < 4.78 is 29.2. The Morgan fingerprint density at radius 3 is 2.63 bits per heavy atom. The molecule has 0 aliphatic carbocycles. The molecular weight excluding hydrogens is 734 g/mol. The zero-order valence-corrected chi connectivity index (χ0v) is 33.5. The summed E-state index contributed by atoms with van der Waals surface area (Å²) in [5.41, 5.74) is -0.884. The first-order valence-electron chi connectivity index (χ1n) is 17.0. The number of halogens is 1. The quantitative estimate of drug-likeness (QED) is 0.151. The van der Waals surface area contributed by atoms with Gasteiger partial charge in [0.1, 0.15) is 40.7 Å². The van der Waals surface area contributed by atoms with Gasteiger partial charge in [-0.2, -0.15) is 0 Å². The third kappa shape index (κ3) is 9.40. The van der Waals surface area contributed by atoms with Gasteiger partial charge in [-0.15, -0.1) is 0 Å². The molecule has 4 bridgehead atoms. The molecule has 3 heterocycles. The number of epoxide rings is 1. The highest BCUT2D eigenvalue weighted by Gasteiger charge is 2.64. The molecule has 52 heavy (non-hydrogen) atoms. The summed E-state index contributed by atoms with van der Waals surface area (Å²) in [5, 5.41) is 14.5. The van der Waals surface area contributed by atoms with Crippen LogP contribution in [-0.2, 0) is 39.8 Å². The van der Waals surface area contributed by atoms with Crippen molar-refractivity contribution in [3.8, 4) is 5.75 Å². The molecule has 2 saturated heterocycles. The van der Waals surface area contributed by atoms with Crippen LogP contribution in [0.15, 0.2) is 35.9 Å². The van der Waals surface area contributed by atoms with Crippen LogP contribution in [0, 0.1) is 5.92 Å². The van der Waals surface area contributed by atoms with Crippen molar-refractivity contribution >= 4 is 62.8 Å². The van der Waals surface area contributed by atoms with Crippen LogP contribution in [0.3, 0.4) is 0 Å². The lowest BCUT2D eigenvalue weighted by Gasteiger charge is -2.42. The lowest BCUT2D eigenvalue weighted by molar-refractivity contribution is -0.161. The molecule has 1 aromatic rings. The van der Waals surface area contributed by atoms with E-state index >= 15 is 0 Å². The number of alkyl carbamates (subject to hydrolysis) is 1. The first-order valence-corrected chi connectivity index (χ1v) is 20.1. The predicted molar refractivity (Wildman–Crippen MR) is 202 cm³/mol. The maximum Gasteiger partial charge on any atom is 0.409 e. The number of likely N-dealkylation sites (N-methyl/N-ethyl adjacent to an activating group) is 1. The van der Waals surface area contributed by atoms with Crippen LogP contribution in [0.2, 0.25) is 5.02 Å². The lowest BCUT2D eigenvalue weighted by Crippen LogP contribution is -2.63. The number of carbonyl (C=O) groups is 4. The van der Waals surface area contributed by atoms with Crippen LogP contribution in [0.1, 0.15) is 52.5 Å². The molecule has 0 radical (unpaired) electrons. The number of anilines is 1. The van der Waals surface area contributed by atoms with E-state index in [1.54, 1.807) is 73.7 Å². The maximum absolute atomic E-state index is 14.1. The van der Waals surface area contributed by atoms with E-state index in [2.05, 4.69) is 5.32 Å². The van der Waals surface area contributed by atoms with Crippen LogP contribution < -0.4 is 15.0 Å². The molecule has 2 fully saturated rings. The number of ether oxygens (including phenoxy) is 5. The van der Waals surface area contributed by atoms with Gasteiger partial charge in [0.25, 0.3) is 0 Å². The third-order valence-corrected chi connectivity index (χ3v) is 12.2. The Labute approximate surface area is 318 Å². The second-order valence-corrected chi connectivity index (χ2v) is 16.7. The fourth-order valence-electron chi connectivity index (χ4n) is 6.61. The first-order chi connectivity index (χ1) is 24.5. The smallest absolute Gasteiger partial charge is 0.409 e. The average molecular weight is 784 g/mol. The SMILES string of the molecule is COc1cc2cc(c1Cl)N(C)C(=O)C[C@H](OC(=O)[C@@H](C)N(C)C(=O)CCSSC)C1(C)OC1[C@H](C)[C@@H]1C[C@@](O)(NC(=O)O1)[C@H](OC)/C=C/C=C(\C)C2. The van der Waals surface area contributed by atoms with E-state index in [9.17, 15) is 24.3 Å². The summed E-state index contributed by atoms with van der Waals surface area (Å²) in [7, 11) is 9.14. The highest BCUT2D eigenvalue weighted by atomic mass is 35.5. The van der Waals surface area contributed by atoms with Gasteiger partial charge < -0.3 is 38.6 Å². The summed E-state index contributed by atoms with van der Waals surface area (Å²) in [5.74, 6) is -0.916. The van der Waals surface area contributed by atoms with Gasteiger partial charge in [-0.3, -0.25) is 14.9 Å². The van der Waals surface area contributed by atoms with Gasteiger partial charge in [-0.05, 0) is 51.1 Å². The normalized spacial score (nSPS) is 31.6. The fraction of sp³-hybridized carbons (Fsp3) is 0.611. The van der Waals surface area contributed by atoms with Crippen LogP contribution in [0.25, 0.3) is 0 Å². The van der Waals surface area contributed by atoms with Crippen molar-refractivity contribution in [2.45, 2.75) is 95.2 Å². The summed E-state index contributed by atoms with van der Waals surface area (Å²) >= 11 is 6.75. The molecule has 288 valence electrons. The summed E-state index contributed by atoms with van der Waals surface area (Å²) in [4.78, 5) is 56.2. The van der Waals surface area contributed by atoms with Gasteiger partial charge in [0.15, 0.2) is 5.72 Å². The number of rotatable bonds is 9. The summed E-state index contributed by atoms with van der Waals surface area (Å²) in [6, 6.07) is 2.63. The Hall–Kier alpha value is -2.95. The monoisotopic (exact) mass is 783 g/mol. The Morgan fingerprint density at radius 2 is 1.98 bits per heavy atom. The largest absolute Gasteiger partial charge is 0.495 e. The molecule has 3 aliphatic rings. The van der Waals surface area contributed by atoms with Gasteiger partial charge in [-0.1, -0.05) is 63.9 Å². The van der Waals surface area contributed by atoms with Crippen molar-refractivity contribution in [1.29, 1.82) is 0 Å². The van der Waals surface area contributed by atoms with E-state index in [1.165, 1.54) is 31.1 Å². The zero-order chi connectivity index (χ0) is 38.5. The second-order valence-electron chi connectivity index (χ2n) is 13.6. The second kappa shape index (κ2) is 17.5. The number of methoxy groups -OCH3 is 2.